The van der Waals surface area contributed by atoms with Crippen molar-refractivity contribution in [3.8, 4) is 0 Å². The van der Waals surface area contributed by atoms with Crippen LogP contribution in [0.25, 0.3) is 0 Å². The highest BCUT2D eigenvalue weighted by molar-refractivity contribution is 5.16. The van der Waals surface area contributed by atoms with Crippen LogP contribution in [0.4, 0.5) is 0 Å². The van der Waals surface area contributed by atoms with Gasteiger partial charge in [-0.05, 0) is 24.0 Å². The minimum atomic E-state index is 0.0105. The molecular weight excluding hydrogens is 260 g/mol. The van der Waals surface area contributed by atoms with Crippen LogP contribution in [0.1, 0.15) is 11.1 Å². The van der Waals surface area contributed by atoms with E-state index in [1.807, 2.05) is 36.4 Å². The predicted octanol–water partition coefficient (Wildman–Crippen LogP) is 2.14. The first-order valence-corrected chi connectivity index (χ1v) is 7.41. The van der Waals surface area contributed by atoms with E-state index in [1.54, 1.807) is 0 Å². The molecule has 0 spiro atoms. The van der Waals surface area contributed by atoms with Gasteiger partial charge in [0.05, 0.1) is 13.2 Å². The van der Waals surface area contributed by atoms with Crippen molar-refractivity contribution in [1.82, 2.24) is 0 Å². The molecule has 2 aromatic rings. The Morgan fingerprint density at radius 1 is 0.667 bits per heavy atom. The topological polar surface area (TPSA) is 61.3 Å². The summed E-state index contributed by atoms with van der Waals surface area (Å²) in [7, 11) is 0. The molecule has 2 rings (SSSR count). The van der Waals surface area contributed by atoms with E-state index in [2.05, 4.69) is 24.3 Å². The van der Waals surface area contributed by atoms with Gasteiger partial charge in [-0.2, -0.15) is 0 Å². The van der Waals surface area contributed by atoms with Crippen molar-refractivity contribution in [3.05, 3.63) is 71.8 Å². The van der Waals surface area contributed by atoms with Gasteiger partial charge in [0, 0.05) is 12.1 Å². The van der Waals surface area contributed by atoms with Crippen LogP contribution in [0.5, 0.6) is 0 Å². The lowest BCUT2D eigenvalue weighted by Gasteiger charge is -2.16. The van der Waals surface area contributed by atoms with E-state index in [9.17, 15) is 0 Å². The van der Waals surface area contributed by atoms with Crippen LogP contribution in [0.2, 0.25) is 0 Å². The Kier molecular flexibility index (Phi) is 6.41. The molecule has 0 saturated heterocycles. The van der Waals surface area contributed by atoms with Crippen molar-refractivity contribution in [2.75, 3.05) is 13.2 Å². The Balaban J connectivity index is 1.64. The van der Waals surface area contributed by atoms with Crippen LogP contribution >= 0.6 is 0 Å². The van der Waals surface area contributed by atoms with E-state index < -0.39 is 0 Å². The van der Waals surface area contributed by atoms with Gasteiger partial charge >= 0.3 is 0 Å². The molecule has 0 aliphatic rings. The van der Waals surface area contributed by atoms with Gasteiger partial charge in [0.2, 0.25) is 0 Å². The zero-order valence-electron chi connectivity index (χ0n) is 12.3. The van der Waals surface area contributed by atoms with Gasteiger partial charge in [0.15, 0.2) is 0 Å². The van der Waals surface area contributed by atoms with Crippen LogP contribution in [0, 0.1) is 0 Å². The second-order valence-electron chi connectivity index (χ2n) is 5.44. The summed E-state index contributed by atoms with van der Waals surface area (Å²) >= 11 is 0. The fourth-order valence-corrected chi connectivity index (χ4v) is 2.32. The third-order valence-electron chi connectivity index (χ3n) is 3.35. The standard InChI is InChI=1S/C18H24N2O/c19-17(11-15-7-3-1-4-8-15)13-21-14-18(20)12-16-9-5-2-6-10-16/h1-10,17-18H,11-14,19-20H2/t17-,18-/m1/s1. The van der Waals surface area contributed by atoms with Crippen molar-refractivity contribution >= 4 is 0 Å². The molecule has 2 aromatic carbocycles. The molecule has 3 heteroatoms. The highest BCUT2D eigenvalue weighted by Gasteiger charge is 2.07. The maximum atomic E-state index is 6.08. The van der Waals surface area contributed by atoms with E-state index >= 15 is 0 Å². The molecule has 0 heterocycles. The number of benzene rings is 2. The summed E-state index contributed by atoms with van der Waals surface area (Å²) in [6, 6.07) is 20.5. The molecule has 0 fully saturated rings. The quantitative estimate of drug-likeness (QED) is 0.781. The molecule has 2 atom stereocenters. The Morgan fingerprint density at radius 3 is 1.43 bits per heavy atom. The van der Waals surface area contributed by atoms with Crippen molar-refractivity contribution in [2.45, 2.75) is 24.9 Å². The van der Waals surface area contributed by atoms with E-state index in [0.717, 1.165) is 12.8 Å². The van der Waals surface area contributed by atoms with Crippen LogP contribution in [0.15, 0.2) is 60.7 Å². The van der Waals surface area contributed by atoms with Gasteiger partial charge in [0.1, 0.15) is 0 Å². The van der Waals surface area contributed by atoms with Crippen molar-refractivity contribution < 1.29 is 4.74 Å². The number of hydrogen-bond acceptors (Lipinski definition) is 3. The lowest BCUT2D eigenvalue weighted by molar-refractivity contribution is 0.108. The molecule has 3 nitrogen and oxygen atoms in total. The monoisotopic (exact) mass is 284 g/mol. The minimum Gasteiger partial charge on any atom is -0.378 e. The molecule has 0 aliphatic carbocycles. The Morgan fingerprint density at radius 2 is 1.05 bits per heavy atom. The highest BCUT2D eigenvalue weighted by Crippen LogP contribution is 2.04. The van der Waals surface area contributed by atoms with Gasteiger partial charge in [-0.1, -0.05) is 60.7 Å². The zero-order valence-corrected chi connectivity index (χ0v) is 12.3. The molecule has 0 amide bonds. The van der Waals surface area contributed by atoms with Crippen LogP contribution < -0.4 is 11.5 Å². The highest BCUT2D eigenvalue weighted by atomic mass is 16.5. The second kappa shape index (κ2) is 8.57. The Labute approximate surface area is 126 Å². The van der Waals surface area contributed by atoms with Crippen LogP contribution in [-0.4, -0.2) is 25.3 Å². The SMILES string of the molecule is N[C@@H](COC[C@H](N)Cc1ccccc1)Cc1ccccc1. The number of nitrogens with two attached hydrogens (primary N) is 2. The molecule has 0 bridgehead atoms. The molecular formula is C18H24N2O. The Hall–Kier alpha value is -1.68. The average Bonchev–Trinajstić information content (AvgIpc) is 2.49. The summed E-state index contributed by atoms with van der Waals surface area (Å²) in [5.41, 5.74) is 14.6. The molecule has 0 aliphatic heterocycles. The van der Waals surface area contributed by atoms with Crippen LogP contribution in [0.3, 0.4) is 0 Å². The fraction of sp³-hybridized carbons (Fsp3) is 0.333. The molecule has 0 radical (unpaired) electrons. The van der Waals surface area contributed by atoms with Gasteiger partial charge in [-0.3, -0.25) is 0 Å². The second-order valence-corrected chi connectivity index (χ2v) is 5.44. The first-order valence-electron chi connectivity index (χ1n) is 7.41. The van der Waals surface area contributed by atoms with Crippen molar-refractivity contribution in [3.63, 3.8) is 0 Å². The summed E-state index contributed by atoms with van der Waals surface area (Å²) in [5, 5.41) is 0. The van der Waals surface area contributed by atoms with Gasteiger partial charge < -0.3 is 16.2 Å². The minimum absolute atomic E-state index is 0.0105. The maximum absolute atomic E-state index is 6.08. The first-order chi connectivity index (χ1) is 10.2. The summed E-state index contributed by atoms with van der Waals surface area (Å²) in [5.74, 6) is 0. The average molecular weight is 284 g/mol. The number of hydrogen-bond donors (Lipinski definition) is 2. The number of rotatable bonds is 8. The van der Waals surface area contributed by atoms with Crippen LogP contribution in [-0.2, 0) is 17.6 Å². The summed E-state index contributed by atoms with van der Waals surface area (Å²) in [6.07, 6.45) is 1.66. The summed E-state index contributed by atoms with van der Waals surface area (Å²) < 4.78 is 5.65. The van der Waals surface area contributed by atoms with Crippen molar-refractivity contribution in [1.29, 1.82) is 0 Å². The summed E-state index contributed by atoms with van der Waals surface area (Å²) in [6.45, 7) is 1.08. The molecule has 0 aromatic heterocycles. The normalized spacial score (nSPS) is 13.8. The third kappa shape index (κ3) is 6.08. The lowest BCUT2D eigenvalue weighted by atomic mass is 10.1. The summed E-state index contributed by atoms with van der Waals surface area (Å²) in [4.78, 5) is 0. The molecule has 4 N–H and O–H groups in total. The predicted molar refractivity (Wildman–Crippen MR) is 87.1 cm³/mol. The van der Waals surface area contributed by atoms with Gasteiger partial charge in [0.25, 0.3) is 0 Å². The van der Waals surface area contributed by atoms with E-state index in [1.165, 1.54) is 11.1 Å². The van der Waals surface area contributed by atoms with E-state index in [0.29, 0.717) is 13.2 Å². The molecule has 112 valence electrons. The van der Waals surface area contributed by atoms with Gasteiger partial charge in [-0.25, -0.2) is 0 Å². The first kappa shape index (κ1) is 15.7. The number of ether oxygens (including phenoxy) is 1. The lowest BCUT2D eigenvalue weighted by Crippen LogP contribution is -2.34. The van der Waals surface area contributed by atoms with E-state index in [4.69, 9.17) is 16.2 Å². The van der Waals surface area contributed by atoms with Gasteiger partial charge in [-0.15, -0.1) is 0 Å². The zero-order chi connectivity index (χ0) is 14.9. The maximum Gasteiger partial charge on any atom is 0.0621 e. The molecule has 0 unspecified atom stereocenters. The van der Waals surface area contributed by atoms with E-state index in [-0.39, 0.29) is 12.1 Å². The smallest absolute Gasteiger partial charge is 0.0621 e. The Bertz CT molecular complexity index is 454. The van der Waals surface area contributed by atoms with Crippen molar-refractivity contribution in [2.24, 2.45) is 11.5 Å². The largest absolute Gasteiger partial charge is 0.378 e. The molecule has 21 heavy (non-hydrogen) atoms. The third-order valence-corrected chi connectivity index (χ3v) is 3.35. The molecule has 0 saturated carbocycles. The fourth-order valence-electron chi connectivity index (χ4n) is 2.32.